The summed E-state index contributed by atoms with van der Waals surface area (Å²) in [6, 6.07) is 8.77. The van der Waals surface area contributed by atoms with Crippen LogP contribution < -0.4 is 4.74 Å². The van der Waals surface area contributed by atoms with Crippen LogP contribution in [0.25, 0.3) is 11.1 Å². The molecule has 4 heteroatoms. The fraction of sp³-hybridized carbons (Fsp3) is 0.294. The Hall–Kier alpha value is -1.06. The van der Waals surface area contributed by atoms with E-state index in [1.54, 1.807) is 12.1 Å². The molecule has 1 atom stereocenters. The third-order valence-electron chi connectivity index (χ3n) is 3.77. The lowest BCUT2D eigenvalue weighted by molar-refractivity contribution is 0.231. The number of ether oxygens (including phenoxy) is 1. The molecule has 1 nitrogen and oxygen atoms in total. The highest BCUT2D eigenvalue weighted by molar-refractivity contribution is 9.09. The second-order valence-corrected chi connectivity index (χ2v) is 6.55. The quantitative estimate of drug-likeness (QED) is 0.645. The molecule has 0 radical (unpaired) electrons. The molecule has 0 aliphatic carbocycles. The van der Waals surface area contributed by atoms with Gasteiger partial charge in [0.2, 0.25) is 0 Å². The fourth-order valence-corrected chi connectivity index (χ4v) is 3.54. The number of rotatable bonds is 3. The summed E-state index contributed by atoms with van der Waals surface area (Å²) in [6.45, 7) is 1.98. The van der Waals surface area contributed by atoms with Gasteiger partial charge in [0.15, 0.2) is 0 Å². The standard InChI is InChI=1S/C17H15BrClFO/c1-10-6-12(19)2-3-15(10)16-9-13(20)7-11-8-14(4-5-18)21-17(11)16/h2-3,6-7,9,14H,4-5,8H2,1H3. The summed E-state index contributed by atoms with van der Waals surface area (Å²) < 4.78 is 20.0. The van der Waals surface area contributed by atoms with E-state index in [1.807, 2.05) is 25.1 Å². The van der Waals surface area contributed by atoms with Crippen LogP contribution in [0.15, 0.2) is 30.3 Å². The normalized spacial score (nSPS) is 16.7. The first-order chi connectivity index (χ1) is 10.1. The van der Waals surface area contributed by atoms with E-state index in [2.05, 4.69) is 15.9 Å². The molecule has 2 aromatic carbocycles. The van der Waals surface area contributed by atoms with Gasteiger partial charge in [-0.1, -0.05) is 33.6 Å². The first-order valence-corrected chi connectivity index (χ1v) is 8.40. The Labute approximate surface area is 137 Å². The highest BCUT2D eigenvalue weighted by atomic mass is 79.9. The van der Waals surface area contributed by atoms with E-state index in [0.29, 0.717) is 5.02 Å². The number of benzene rings is 2. The minimum Gasteiger partial charge on any atom is -0.489 e. The minimum atomic E-state index is -0.221. The summed E-state index contributed by atoms with van der Waals surface area (Å²) in [4.78, 5) is 0. The first kappa shape index (κ1) is 14.9. The van der Waals surface area contributed by atoms with Gasteiger partial charge in [-0.05, 0) is 48.7 Å². The van der Waals surface area contributed by atoms with Gasteiger partial charge in [0, 0.05) is 27.9 Å². The van der Waals surface area contributed by atoms with Crippen LogP contribution >= 0.6 is 27.5 Å². The zero-order valence-corrected chi connectivity index (χ0v) is 14.0. The van der Waals surface area contributed by atoms with Crippen molar-refractivity contribution in [3.05, 3.63) is 52.3 Å². The van der Waals surface area contributed by atoms with Crippen LogP contribution in [0, 0.1) is 12.7 Å². The van der Waals surface area contributed by atoms with Crippen LogP contribution in [0.4, 0.5) is 4.39 Å². The molecule has 110 valence electrons. The molecule has 0 bridgehead atoms. The molecule has 0 spiro atoms. The Kier molecular flexibility index (Phi) is 4.23. The zero-order chi connectivity index (χ0) is 15.0. The van der Waals surface area contributed by atoms with Crippen molar-refractivity contribution < 1.29 is 9.13 Å². The molecular formula is C17H15BrClFO. The second-order valence-electron chi connectivity index (χ2n) is 5.32. The predicted octanol–water partition coefficient (Wildman–Crippen LogP) is 5.54. The molecule has 1 aliphatic rings. The smallest absolute Gasteiger partial charge is 0.131 e. The Morgan fingerprint density at radius 3 is 2.81 bits per heavy atom. The van der Waals surface area contributed by atoms with Gasteiger partial charge < -0.3 is 4.74 Å². The number of aryl methyl sites for hydroxylation is 1. The third kappa shape index (κ3) is 2.95. The van der Waals surface area contributed by atoms with Crippen LogP contribution in [-0.2, 0) is 6.42 Å². The fourth-order valence-electron chi connectivity index (χ4n) is 2.81. The molecule has 0 amide bonds. The molecule has 3 rings (SSSR count). The molecule has 0 aromatic heterocycles. The van der Waals surface area contributed by atoms with Gasteiger partial charge in [-0.25, -0.2) is 4.39 Å². The maximum absolute atomic E-state index is 13.9. The van der Waals surface area contributed by atoms with Gasteiger partial charge >= 0.3 is 0 Å². The van der Waals surface area contributed by atoms with E-state index in [9.17, 15) is 4.39 Å². The highest BCUT2D eigenvalue weighted by Crippen LogP contribution is 2.41. The minimum absolute atomic E-state index is 0.118. The average molecular weight is 370 g/mol. The number of halogens is 3. The lowest BCUT2D eigenvalue weighted by atomic mass is 9.97. The van der Waals surface area contributed by atoms with E-state index in [0.717, 1.165) is 46.2 Å². The molecule has 0 saturated heterocycles. The molecule has 0 fully saturated rings. The molecular weight excluding hydrogens is 355 g/mol. The van der Waals surface area contributed by atoms with Crippen LogP contribution in [0.5, 0.6) is 5.75 Å². The average Bonchev–Trinajstić information content (AvgIpc) is 2.81. The van der Waals surface area contributed by atoms with Crippen molar-refractivity contribution in [2.45, 2.75) is 25.9 Å². The van der Waals surface area contributed by atoms with E-state index >= 15 is 0 Å². The Morgan fingerprint density at radius 2 is 2.10 bits per heavy atom. The van der Waals surface area contributed by atoms with E-state index < -0.39 is 0 Å². The van der Waals surface area contributed by atoms with Crippen molar-refractivity contribution in [2.75, 3.05) is 5.33 Å². The Morgan fingerprint density at radius 1 is 1.29 bits per heavy atom. The van der Waals surface area contributed by atoms with Gasteiger partial charge in [0.1, 0.15) is 17.7 Å². The predicted molar refractivity (Wildman–Crippen MR) is 88.1 cm³/mol. The van der Waals surface area contributed by atoms with Crippen molar-refractivity contribution >= 4 is 27.5 Å². The molecule has 2 aromatic rings. The van der Waals surface area contributed by atoms with Gasteiger partial charge in [0.25, 0.3) is 0 Å². The van der Waals surface area contributed by atoms with Crippen molar-refractivity contribution in [3.63, 3.8) is 0 Å². The number of hydrogen-bond acceptors (Lipinski definition) is 1. The van der Waals surface area contributed by atoms with Crippen molar-refractivity contribution in [3.8, 4) is 16.9 Å². The molecule has 0 N–H and O–H groups in total. The van der Waals surface area contributed by atoms with Gasteiger partial charge in [0.05, 0.1) is 0 Å². The van der Waals surface area contributed by atoms with E-state index in [1.165, 1.54) is 0 Å². The monoisotopic (exact) mass is 368 g/mol. The number of hydrogen-bond donors (Lipinski definition) is 0. The van der Waals surface area contributed by atoms with Crippen molar-refractivity contribution in [2.24, 2.45) is 0 Å². The lowest BCUT2D eigenvalue weighted by Crippen LogP contribution is -2.13. The van der Waals surface area contributed by atoms with Crippen molar-refractivity contribution in [1.29, 1.82) is 0 Å². The van der Waals surface area contributed by atoms with Gasteiger partial charge in [-0.2, -0.15) is 0 Å². The van der Waals surface area contributed by atoms with Crippen LogP contribution in [0.1, 0.15) is 17.5 Å². The topological polar surface area (TPSA) is 9.23 Å². The van der Waals surface area contributed by atoms with Crippen LogP contribution in [0.2, 0.25) is 5.02 Å². The lowest BCUT2D eigenvalue weighted by Gasteiger charge is -2.13. The molecule has 21 heavy (non-hydrogen) atoms. The second kappa shape index (κ2) is 5.98. The van der Waals surface area contributed by atoms with Crippen LogP contribution in [0.3, 0.4) is 0 Å². The van der Waals surface area contributed by atoms with E-state index in [4.69, 9.17) is 16.3 Å². The molecule has 1 aliphatic heterocycles. The summed E-state index contributed by atoms with van der Waals surface area (Å²) in [5, 5.41) is 1.56. The molecule has 0 saturated carbocycles. The summed E-state index contributed by atoms with van der Waals surface area (Å²) in [5.41, 5.74) is 3.75. The summed E-state index contributed by atoms with van der Waals surface area (Å²) >= 11 is 9.44. The van der Waals surface area contributed by atoms with Gasteiger partial charge in [-0.15, -0.1) is 0 Å². The van der Waals surface area contributed by atoms with Crippen molar-refractivity contribution in [1.82, 2.24) is 0 Å². The first-order valence-electron chi connectivity index (χ1n) is 6.90. The molecule has 1 heterocycles. The zero-order valence-electron chi connectivity index (χ0n) is 11.6. The van der Waals surface area contributed by atoms with Crippen LogP contribution in [-0.4, -0.2) is 11.4 Å². The number of alkyl halides is 1. The highest BCUT2D eigenvalue weighted by Gasteiger charge is 2.26. The largest absolute Gasteiger partial charge is 0.489 e. The summed E-state index contributed by atoms with van der Waals surface area (Å²) in [6.07, 6.45) is 1.79. The Balaban J connectivity index is 2.08. The summed E-state index contributed by atoms with van der Waals surface area (Å²) in [5.74, 6) is 0.592. The summed E-state index contributed by atoms with van der Waals surface area (Å²) in [7, 11) is 0. The Bertz CT molecular complexity index is 687. The SMILES string of the molecule is Cc1cc(Cl)ccc1-c1cc(F)cc2c1OC(CCBr)C2. The third-order valence-corrected chi connectivity index (χ3v) is 4.47. The maximum atomic E-state index is 13.9. The molecule has 1 unspecified atom stereocenters. The van der Waals surface area contributed by atoms with E-state index in [-0.39, 0.29) is 11.9 Å². The van der Waals surface area contributed by atoms with Gasteiger partial charge in [-0.3, -0.25) is 0 Å². The number of fused-ring (bicyclic) bond motifs is 1. The maximum Gasteiger partial charge on any atom is 0.131 e.